The lowest BCUT2D eigenvalue weighted by atomic mass is 10.1. The maximum absolute atomic E-state index is 11.8. The molecule has 2 N–H and O–H groups in total. The number of amides is 1. The SMILES string of the molecule is COCCNCCC(=O)Nc1c(C)cc(C)cc1Cl. The van der Waals surface area contributed by atoms with Gasteiger partial charge in [-0.15, -0.1) is 0 Å². The van der Waals surface area contributed by atoms with E-state index >= 15 is 0 Å². The molecule has 0 heterocycles. The largest absolute Gasteiger partial charge is 0.383 e. The molecule has 0 atom stereocenters. The van der Waals surface area contributed by atoms with Gasteiger partial charge < -0.3 is 15.4 Å². The van der Waals surface area contributed by atoms with Gasteiger partial charge in [0.25, 0.3) is 0 Å². The van der Waals surface area contributed by atoms with Crippen LogP contribution < -0.4 is 10.6 Å². The molecule has 19 heavy (non-hydrogen) atoms. The molecule has 1 aromatic rings. The number of nitrogens with one attached hydrogen (secondary N) is 2. The highest BCUT2D eigenvalue weighted by Gasteiger charge is 2.09. The monoisotopic (exact) mass is 284 g/mol. The standard InChI is InChI=1S/C14H21ClN2O2/c1-10-8-11(2)14(12(15)9-10)17-13(18)4-5-16-6-7-19-3/h8-9,16H,4-7H2,1-3H3,(H,17,18). The number of anilines is 1. The average molecular weight is 285 g/mol. The van der Waals surface area contributed by atoms with Crippen LogP contribution in [0.15, 0.2) is 12.1 Å². The van der Waals surface area contributed by atoms with Crippen molar-refractivity contribution in [2.75, 3.05) is 32.1 Å². The molecule has 0 aliphatic carbocycles. The summed E-state index contributed by atoms with van der Waals surface area (Å²) in [6.07, 6.45) is 0.410. The van der Waals surface area contributed by atoms with Crippen molar-refractivity contribution in [1.29, 1.82) is 0 Å². The van der Waals surface area contributed by atoms with Crippen LogP contribution in [0.25, 0.3) is 0 Å². The van der Waals surface area contributed by atoms with Crippen LogP contribution in [-0.2, 0) is 9.53 Å². The number of methoxy groups -OCH3 is 1. The number of hydrogen-bond acceptors (Lipinski definition) is 3. The van der Waals surface area contributed by atoms with E-state index in [9.17, 15) is 4.79 Å². The number of carbonyl (C=O) groups excluding carboxylic acids is 1. The van der Waals surface area contributed by atoms with E-state index in [2.05, 4.69) is 10.6 Å². The molecule has 0 saturated carbocycles. The second-order valence-electron chi connectivity index (χ2n) is 4.48. The van der Waals surface area contributed by atoms with Gasteiger partial charge in [-0.1, -0.05) is 17.7 Å². The van der Waals surface area contributed by atoms with E-state index in [1.165, 1.54) is 0 Å². The number of benzene rings is 1. The number of rotatable bonds is 7. The zero-order valence-electron chi connectivity index (χ0n) is 11.7. The third-order valence-electron chi connectivity index (χ3n) is 2.71. The minimum Gasteiger partial charge on any atom is -0.383 e. The van der Waals surface area contributed by atoms with Crippen molar-refractivity contribution in [2.45, 2.75) is 20.3 Å². The van der Waals surface area contributed by atoms with Crippen LogP contribution in [0.1, 0.15) is 17.5 Å². The summed E-state index contributed by atoms with van der Waals surface area (Å²) in [5, 5.41) is 6.56. The molecular formula is C14H21ClN2O2. The van der Waals surface area contributed by atoms with Gasteiger partial charge >= 0.3 is 0 Å². The zero-order chi connectivity index (χ0) is 14.3. The Kier molecular flexibility index (Phi) is 6.84. The van der Waals surface area contributed by atoms with Crippen molar-refractivity contribution in [3.63, 3.8) is 0 Å². The first-order valence-electron chi connectivity index (χ1n) is 6.31. The highest BCUT2D eigenvalue weighted by molar-refractivity contribution is 6.34. The normalized spacial score (nSPS) is 10.5. The topological polar surface area (TPSA) is 50.4 Å². The zero-order valence-corrected chi connectivity index (χ0v) is 12.4. The average Bonchev–Trinajstić information content (AvgIpc) is 2.33. The van der Waals surface area contributed by atoms with Gasteiger partial charge in [0, 0.05) is 26.6 Å². The first kappa shape index (κ1) is 16.0. The first-order chi connectivity index (χ1) is 9.04. The van der Waals surface area contributed by atoms with Crippen molar-refractivity contribution >= 4 is 23.2 Å². The molecule has 1 amide bonds. The highest BCUT2D eigenvalue weighted by atomic mass is 35.5. The van der Waals surface area contributed by atoms with Gasteiger partial charge in [0.2, 0.25) is 5.91 Å². The van der Waals surface area contributed by atoms with Crippen molar-refractivity contribution in [2.24, 2.45) is 0 Å². The Morgan fingerprint density at radius 2 is 2.05 bits per heavy atom. The molecule has 0 saturated heterocycles. The third-order valence-corrected chi connectivity index (χ3v) is 3.01. The Morgan fingerprint density at radius 1 is 1.32 bits per heavy atom. The van der Waals surface area contributed by atoms with E-state index in [0.717, 1.165) is 17.7 Å². The summed E-state index contributed by atoms with van der Waals surface area (Å²) in [7, 11) is 1.65. The summed E-state index contributed by atoms with van der Waals surface area (Å²) < 4.78 is 4.91. The molecule has 0 bridgehead atoms. The van der Waals surface area contributed by atoms with E-state index in [1.807, 2.05) is 26.0 Å². The fourth-order valence-electron chi connectivity index (χ4n) is 1.78. The molecule has 5 heteroatoms. The van der Waals surface area contributed by atoms with Crippen LogP contribution in [0.5, 0.6) is 0 Å². The fourth-order valence-corrected chi connectivity index (χ4v) is 2.15. The summed E-state index contributed by atoms with van der Waals surface area (Å²) in [6.45, 7) is 5.92. The molecular weight excluding hydrogens is 264 g/mol. The first-order valence-corrected chi connectivity index (χ1v) is 6.68. The second kappa shape index (κ2) is 8.15. The summed E-state index contributed by atoms with van der Waals surface area (Å²) in [5.41, 5.74) is 2.77. The maximum atomic E-state index is 11.8. The lowest BCUT2D eigenvalue weighted by Gasteiger charge is -2.11. The molecule has 1 aromatic carbocycles. The molecule has 0 radical (unpaired) electrons. The Hall–Kier alpha value is -1.10. The van der Waals surface area contributed by atoms with Gasteiger partial charge in [0.05, 0.1) is 17.3 Å². The minimum atomic E-state index is -0.0428. The van der Waals surface area contributed by atoms with E-state index < -0.39 is 0 Å². The molecule has 4 nitrogen and oxygen atoms in total. The van der Waals surface area contributed by atoms with E-state index in [1.54, 1.807) is 7.11 Å². The highest BCUT2D eigenvalue weighted by Crippen LogP contribution is 2.27. The Balaban J connectivity index is 2.44. The van der Waals surface area contributed by atoms with Gasteiger partial charge in [-0.3, -0.25) is 4.79 Å². The summed E-state index contributed by atoms with van der Waals surface area (Å²) >= 11 is 6.13. The van der Waals surface area contributed by atoms with E-state index in [4.69, 9.17) is 16.3 Å². The number of hydrogen-bond donors (Lipinski definition) is 2. The third kappa shape index (κ3) is 5.59. The number of halogens is 1. The van der Waals surface area contributed by atoms with Gasteiger partial charge in [0.1, 0.15) is 0 Å². The predicted molar refractivity (Wildman–Crippen MR) is 78.9 cm³/mol. The predicted octanol–water partition coefficient (Wildman–Crippen LogP) is 2.52. The molecule has 0 aromatic heterocycles. The molecule has 0 aliphatic heterocycles. The lowest BCUT2D eigenvalue weighted by molar-refractivity contribution is -0.116. The van der Waals surface area contributed by atoms with Crippen LogP contribution in [0.3, 0.4) is 0 Å². The number of aryl methyl sites for hydroxylation is 2. The van der Waals surface area contributed by atoms with E-state index in [-0.39, 0.29) is 5.91 Å². The van der Waals surface area contributed by atoms with Crippen LogP contribution in [0.4, 0.5) is 5.69 Å². The number of ether oxygens (including phenoxy) is 1. The van der Waals surface area contributed by atoms with E-state index in [0.29, 0.717) is 30.3 Å². The summed E-state index contributed by atoms with van der Waals surface area (Å²) in [6, 6.07) is 3.85. The van der Waals surface area contributed by atoms with Crippen LogP contribution in [0, 0.1) is 13.8 Å². The van der Waals surface area contributed by atoms with Gasteiger partial charge in [0.15, 0.2) is 0 Å². The molecule has 1 rings (SSSR count). The van der Waals surface area contributed by atoms with Crippen LogP contribution >= 0.6 is 11.6 Å². The Labute approximate surface area is 119 Å². The second-order valence-corrected chi connectivity index (χ2v) is 4.89. The van der Waals surface area contributed by atoms with Gasteiger partial charge in [-0.2, -0.15) is 0 Å². The molecule has 106 valence electrons. The minimum absolute atomic E-state index is 0.0428. The Morgan fingerprint density at radius 3 is 2.68 bits per heavy atom. The van der Waals surface area contributed by atoms with Crippen molar-refractivity contribution in [1.82, 2.24) is 5.32 Å². The summed E-state index contributed by atoms with van der Waals surface area (Å²) in [5.74, 6) is -0.0428. The quantitative estimate of drug-likeness (QED) is 0.757. The maximum Gasteiger partial charge on any atom is 0.225 e. The summed E-state index contributed by atoms with van der Waals surface area (Å²) in [4.78, 5) is 11.8. The Bertz CT molecular complexity index is 412. The molecule has 0 aliphatic rings. The van der Waals surface area contributed by atoms with Gasteiger partial charge in [-0.25, -0.2) is 0 Å². The van der Waals surface area contributed by atoms with Crippen molar-refractivity contribution < 1.29 is 9.53 Å². The molecule has 0 unspecified atom stereocenters. The number of carbonyl (C=O) groups is 1. The smallest absolute Gasteiger partial charge is 0.225 e. The van der Waals surface area contributed by atoms with Gasteiger partial charge in [-0.05, 0) is 31.0 Å². The molecule has 0 spiro atoms. The van der Waals surface area contributed by atoms with Crippen molar-refractivity contribution in [3.05, 3.63) is 28.3 Å². The molecule has 0 fully saturated rings. The van der Waals surface area contributed by atoms with Crippen LogP contribution in [-0.4, -0.2) is 32.7 Å². The fraction of sp³-hybridized carbons (Fsp3) is 0.500. The van der Waals surface area contributed by atoms with Crippen molar-refractivity contribution in [3.8, 4) is 0 Å². The van der Waals surface area contributed by atoms with Crippen LogP contribution in [0.2, 0.25) is 5.02 Å². The lowest BCUT2D eigenvalue weighted by Crippen LogP contribution is -2.24.